The summed E-state index contributed by atoms with van der Waals surface area (Å²) in [5.41, 5.74) is 3.33. The van der Waals surface area contributed by atoms with E-state index in [1.54, 1.807) is 0 Å². The van der Waals surface area contributed by atoms with Gasteiger partial charge in [-0.3, -0.25) is 19.6 Å². The predicted molar refractivity (Wildman–Crippen MR) is 144 cm³/mol. The summed E-state index contributed by atoms with van der Waals surface area (Å²) in [7, 11) is 0. The smallest absolute Gasteiger partial charge is 0.335 e. The molecule has 206 valence electrons. The van der Waals surface area contributed by atoms with Gasteiger partial charge in [-0.05, 0) is 29.2 Å². The molecule has 2 heterocycles. The zero-order valence-corrected chi connectivity index (χ0v) is 22.0. The van der Waals surface area contributed by atoms with Crippen LogP contribution >= 0.6 is 0 Å². The van der Waals surface area contributed by atoms with E-state index in [9.17, 15) is 19.5 Å². The van der Waals surface area contributed by atoms with Crippen molar-refractivity contribution in [1.82, 2.24) is 20.4 Å². The van der Waals surface area contributed by atoms with Crippen LogP contribution in [0.2, 0.25) is 0 Å². The number of aromatic nitrogens is 2. The number of aromatic amines is 1. The lowest BCUT2D eigenvalue weighted by Crippen LogP contribution is -2.42. The number of nitrogens with zero attached hydrogens (tertiary/aromatic N) is 2. The van der Waals surface area contributed by atoms with Crippen LogP contribution in [0.5, 0.6) is 0 Å². The van der Waals surface area contributed by atoms with Crippen LogP contribution in [0.3, 0.4) is 0 Å². The first-order valence-electron chi connectivity index (χ1n) is 13.1. The zero-order chi connectivity index (χ0) is 27.6. The molecular weight excluding hydrogens is 500 g/mol. The second-order valence-corrected chi connectivity index (χ2v) is 9.53. The maximum atomic E-state index is 12.9. The van der Waals surface area contributed by atoms with E-state index in [1.165, 1.54) is 13.0 Å². The van der Waals surface area contributed by atoms with Crippen LogP contribution in [0, 0.1) is 0 Å². The third-order valence-electron chi connectivity index (χ3n) is 6.60. The van der Waals surface area contributed by atoms with Crippen molar-refractivity contribution in [1.29, 1.82) is 0 Å². The fourth-order valence-corrected chi connectivity index (χ4v) is 4.39. The first-order valence-corrected chi connectivity index (χ1v) is 13.1. The van der Waals surface area contributed by atoms with Crippen LogP contribution in [-0.4, -0.2) is 89.5 Å². The van der Waals surface area contributed by atoms with Gasteiger partial charge in [-0.1, -0.05) is 54.6 Å². The van der Waals surface area contributed by atoms with Crippen LogP contribution in [0.4, 0.5) is 0 Å². The molecule has 0 unspecified atom stereocenters. The van der Waals surface area contributed by atoms with Gasteiger partial charge >= 0.3 is 5.97 Å². The highest BCUT2D eigenvalue weighted by Gasteiger charge is 2.25. The molecule has 10 nitrogen and oxygen atoms in total. The van der Waals surface area contributed by atoms with E-state index >= 15 is 0 Å². The number of aliphatic hydroxyl groups is 1. The SMILES string of the molecule is CC(=O)c1cc(C(=O)N[C@H](Cc2ccc(-c3ccccc3)cc2)C[C@@H](O)C(=O)OCCN2CCOCC2)[nH]n1. The molecule has 1 amide bonds. The van der Waals surface area contributed by atoms with Crippen molar-refractivity contribution in [2.45, 2.75) is 31.9 Å². The van der Waals surface area contributed by atoms with Gasteiger partial charge in [0.15, 0.2) is 11.9 Å². The van der Waals surface area contributed by atoms with E-state index in [1.807, 2.05) is 54.6 Å². The molecule has 0 aliphatic carbocycles. The molecule has 1 saturated heterocycles. The summed E-state index contributed by atoms with van der Waals surface area (Å²) in [6.07, 6.45) is -1.10. The quantitative estimate of drug-likeness (QED) is 0.238. The number of ketones is 1. The third kappa shape index (κ3) is 8.31. The monoisotopic (exact) mass is 534 g/mol. The van der Waals surface area contributed by atoms with E-state index in [-0.39, 0.29) is 30.2 Å². The molecule has 0 radical (unpaired) electrons. The van der Waals surface area contributed by atoms with Gasteiger partial charge in [0, 0.05) is 39.0 Å². The summed E-state index contributed by atoms with van der Waals surface area (Å²) in [6, 6.07) is 18.7. The van der Waals surface area contributed by atoms with Gasteiger partial charge in [0.05, 0.1) is 13.2 Å². The Morgan fingerprint density at radius 1 is 1.08 bits per heavy atom. The summed E-state index contributed by atoms with van der Waals surface area (Å²) in [6.45, 7) is 4.93. The lowest BCUT2D eigenvalue weighted by Gasteiger charge is -2.26. The number of esters is 1. The molecule has 1 aliphatic heterocycles. The number of rotatable bonds is 12. The zero-order valence-electron chi connectivity index (χ0n) is 22.0. The number of nitrogens with one attached hydrogen (secondary N) is 2. The number of ether oxygens (including phenoxy) is 2. The van der Waals surface area contributed by atoms with Crippen LogP contribution in [0.25, 0.3) is 11.1 Å². The summed E-state index contributed by atoms with van der Waals surface area (Å²) in [5.74, 6) is -1.49. The van der Waals surface area contributed by atoms with Gasteiger partial charge in [0.1, 0.15) is 18.0 Å². The molecule has 2 aromatic carbocycles. The minimum Gasteiger partial charge on any atom is -0.462 e. The van der Waals surface area contributed by atoms with Crippen LogP contribution < -0.4 is 5.32 Å². The summed E-state index contributed by atoms with van der Waals surface area (Å²) >= 11 is 0. The number of amides is 1. The standard InChI is InChI=1S/C29H34N4O6/c1-20(34)25-19-26(32-31-25)28(36)30-24(17-21-7-9-23(10-8-21)22-5-3-2-4-6-22)18-27(35)29(37)39-16-13-33-11-14-38-15-12-33/h2-10,19,24,27,35H,11-18H2,1H3,(H,30,36)(H,31,32)/t24-,27-/m1/s1. The molecule has 1 aromatic heterocycles. The minimum atomic E-state index is -1.42. The van der Waals surface area contributed by atoms with Crippen LogP contribution in [0.15, 0.2) is 60.7 Å². The molecule has 2 atom stereocenters. The summed E-state index contributed by atoms with van der Waals surface area (Å²) in [5, 5.41) is 19.9. The van der Waals surface area contributed by atoms with Crippen molar-refractivity contribution < 1.29 is 29.0 Å². The Morgan fingerprint density at radius 2 is 1.77 bits per heavy atom. The normalized spacial score (nSPS) is 15.3. The van der Waals surface area contributed by atoms with Crippen LogP contribution in [-0.2, 0) is 20.7 Å². The number of Topliss-reactive ketones (excluding diaryl/α,β-unsaturated/α-hetero) is 1. The molecule has 10 heteroatoms. The van der Waals surface area contributed by atoms with Crippen molar-refractivity contribution in [3.05, 3.63) is 77.6 Å². The number of benzene rings is 2. The number of aliphatic hydroxyl groups excluding tert-OH is 1. The average molecular weight is 535 g/mol. The molecule has 39 heavy (non-hydrogen) atoms. The first-order chi connectivity index (χ1) is 18.9. The largest absolute Gasteiger partial charge is 0.462 e. The van der Waals surface area contributed by atoms with Gasteiger partial charge in [-0.2, -0.15) is 5.10 Å². The molecule has 3 aromatic rings. The fraction of sp³-hybridized carbons (Fsp3) is 0.379. The molecular formula is C29H34N4O6. The maximum absolute atomic E-state index is 12.9. The van der Waals surface area contributed by atoms with Crippen molar-refractivity contribution >= 4 is 17.7 Å². The number of hydrogen-bond acceptors (Lipinski definition) is 8. The first kappa shape index (κ1) is 28.2. The summed E-state index contributed by atoms with van der Waals surface area (Å²) < 4.78 is 10.6. The highest BCUT2D eigenvalue weighted by atomic mass is 16.5. The van der Waals surface area contributed by atoms with Gasteiger partial charge < -0.3 is 19.9 Å². The number of carbonyl (C=O) groups excluding carboxylic acids is 3. The van der Waals surface area contributed by atoms with Gasteiger partial charge in [0.25, 0.3) is 5.91 Å². The lowest BCUT2D eigenvalue weighted by molar-refractivity contribution is -0.154. The van der Waals surface area contributed by atoms with E-state index in [0.717, 1.165) is 29.8 Å². The Labute approximate surface area is 227 Å². The number of H-pyrrole nitrogens is 1. The van der Waals surface area contributed by atoms with Gasteiger partial charge in [-0.15, -0.1) is 0 Å². The van der Waals surface area contributed by atoms with Gasteiger partial charge in [0.2, 0.25) is 0 Å². The molecule has 1 aliphatic rings. The van der Waals surface area contributed by atoms with E-state index in [2.05, 4.69) is 20.4 Å². The van der Waals surface area contributed by atoms with Crippen molar-refractivity contribution in [2.24, 2.45) is 0 Å². The average Bonchev–Trinajstić information content (AvgIpc) is 3.46. The predicted octanol–water partition coefficient (Wildman–Crippen LogP) is 2.25. The Balaban J connectivity index is 1.40. The van der Waals surface area contributed by atoms with Crippen molar-refractivity contribution in [3.8, 4) is 11.1 Å². The second-order valence-electron chi connectivity index (χ2n) is 9.53. The Kier molecular flexibility index (Phi) is 9.96. The highest BCUT2D eigenvalue weighted by molar-refractivity contribution is 5.97. The number of morpholine rings is 1. The molecule has 0 saturated carbocycles. The molecule has 3 N–H and O–H groups in total. The number of carbonyl (C=O) groups is 3. The molecule has 0 spiro atoms. The fourth-order valence-electron chi connectivity index (χ4n) is 4.39. The van der Waals surface area contributed by atoms with Crippen LogP contribution in [0.1, 0.15) is 39.9 Å². The lowest BCUT2D eigenvalue weighted by atomic mass is 9.97. The minimum absolute atomic E-state index is 0.0454. The van der Waals surface area contributed by atoms with E-state index < -0.39 is 24.0 Å². The highest BCUT2D eigenvalue weighted by Crippen LogP contribution is 2.20. The Morgan fingerprint density at radius 3 is 2.44 bits per heavy atom. The molecule has 4 rings (SSSR count). The third-order valence-corrected chi connectivity index (χ3v) is 6.60. The second kappa shape index (κ2) is 13.8. The molecule has 0 bridgehead atoms. The van der Waals surface area contributed by atoms with Crippen molar-refractivity contribution in [2.75, 3.05) is 39.5 Å². The summed E-state index contributed by atoms with van der Waals surface area (Å²) in [4.78, 5) is 39.1. The van der Waals surface area contributed by atoms with E-state index in [4.69, 9.17) is 9.47 Å². The number of hydrogen-bond donors (Lipinski definition) is 3. The molecule has 1 fully saturated rings. The van der Waals surface area contributed by atoms with E-state index in [0.29, 0.717) is 26.2 Å². The van der Waals surface area contributed by atoms with Gasteiger partial charge in [-0.25, -0.2) is 4.79 Å². The topological polar surface area (TPSA) is 134 Å². The maximum Gasteiger partial charge on any atom is 0.335 e. The Hall–Kier alpha value is -3.86. The van der Waals surface area contributed by atoms with Crippen molar-refractivity contribution in [3.63, 3.8) is 0 Å². The Bertz CT molecular complexity index is 1240.